The maximum absolute atomic E-state index is 12.4. The van der Waals surface area contributed by atoms with Crippen LogP contribution in [0.1, 0.15) is 36.3 Å². The summed E-state index contributed by atoms with van der Waals surface area (Å²) >= 11 is 6.05. The van der Waals surface area contributed by atoms with E-state index in [4.69, 9.17) is 16.3 Å². The summed E-state index contributed by atoms with van der Waals surface area (Å²) in [4.78, 5) is 27.1. The smallest absolute Gasteiger partial charge is 0.296 e. The highest BCUT2D eigenvalue weighted by Gasteiger charge is 2.37. The molecule has 1 saturated heterocycles. The van der Waals surface area contributed by atoms with Crippen LogP contribution in [0, 0.1) is 17.2 Å². The van der Waals surface area contributed by atoms with Gasteiger partial charge < -0.3 is 14.7 Å². The Morgan fingerprint density at radius 2 is 2.21 bits per heavy atom. The minimum absolute atomic E-state index is 0.0821. The number of halogens is 1. The van der Waals surface area contributed by atoms with E-state index in [0.29, 0.717) is 48.8 Å². The van der Waals surface area contributed by atoms with Gasteiger partial charge in [0.1, 0.15) is 23.3 Å². The predicted octanol–water partition coefficient (Wildman–Crippen LogP) is 4.20. The molecular formula is C28H26ClN7O3. The number of hydrogen-bond acceptors (Lipinski definition) is 8. The number of β-amino-alcohol motifs (C(OH)–C–C–N with tert-alkyl or cyclic N) is 1. The van der Waals surface area contributed by atoms with Crippen LogP contribution in [0.15, 0.2) is 60.1 Å². The fourth-order valence-corrected chi connectivity index (χ4v) is 4.96. The molecule has 2 atom stereocenters. The monoisotopic (exact) mass is 543 g/mol. The van der Waals surface area contributed by atoms with Gasteiger partial charge in [-0.05, 0) is 50.6 Å². The average molecular weight is 544 g/mol. The number of anilines is 1. The van der Waals surface area contributed by atoms with Crippen LogP contribution in [0.4, 0.5) is 5.82 Å². The number of carbonyl (C=O) groups excluding carboxylic acids is 1. The zero-order valence-corrected chi connectivity index (χ0v) is 22.2. The first-order chi connectivity index (χ1) is 18.8. The molecule has 1 fully saturated rings. The van der Waals surface area contributed by atoms with Crippen molar-refractivity contribution in [2.75, 3.05) is 24.6 Å². The molecule has 11 heteroatoms. The zero-order chi connectivity index (χ0) is 27.6. The topological polar surface area (TPSA) is 129 Å². The highest BCUT2D eigenvalue weighted by Crippen LogP contribution is 2.33. The number of carbonyl (C=O) groups is 1. The van der Waals surface area contributed by atoms with Crippen LogP contribution in [0.25, 0.3) is 16.6 Å². The van der Waals surface area contributed by atoms with E-state index in [0.717, 1.165) is 11.1 Å². The second kappa shape index (κ2) is 10.8. The van der Waals surface area contributed by atoms with E-state index < -0.39 is 11.5 Å². The molecular weight excluding hydrogens is 518 g/mol. The molecule has 0 aromatic carbocycles. The predicted molar refractivity (Wildman–Crippen MR) is 147 cm³/mol. The van der Waals surface area contributed by atoms with E-state index in [-0.39, 0.29) is 16.6 Å². The number of fused-ring (bicyclic) bond motifs is 1. The van der Waals surface area contributed by atoms with E-state index in [9.17, 15) is 15.2 Å². The second-order valence-electron chi connectivity index (χ2n) is 9.48. The van der Waals surface area contributed by atoms with Crippen molar-refractivity contribution in [2.45, 2.75) is 25.9 Å². The van der Waals surface area contributed by atoms with E-state index >= 15 is 0 Å². The fraction of sp³-hybridized carbons (Fsp3) is 0.286. The van der Waals surface area contributed by atoms with E-state index in [1.54, 1.807) is 36.0 Å². The molecule has 4 aromatic rings. The molecule has 1 aliphatic rings. The first kappa shape index (κ1) is 26.3. The normalized spacial score (nSPS) is 19.4. The van der Waals surface area contributed by atoms with Gasteiger partial charge in [0.25, 0.3) is 5.91 Å². The van der Waals surface area contributed by atoms with E-state index in [1.165, 1.54) is 18.6 Å². The first-order valence-corrected chi connectivity index (χ1v) is 12.9. The summed E-state index contributed by atoms with van der Waals surface area (Å²) < 4.78 is 7.34. The summed E-state index contributed by atoms with van der Waals surface area (Å²) in [6.07, 6.45) is 8.57. The van der Waals surface area contributed by atoms with Gasteiger partial charge >= 0.3 is 0 Å². The number of hydrogen-bond donors (Lipinski definition) is 1. The Hall–Kier alpha value is -4.33. The molecule has 1 aliphatic heterocycles. The van der Waals surface area contributed by atoms with Gasteiger partial charge in [0.15, 0.2) is 0 Å². The fourth-order valence-electron chi connectivity index (χ4n) is 4.76. The van der Waals surface area contributed by atoms with Crippen molar-refractivity contribution in [1.29, 1.82) is 5.26 Å². The van der Waals surface area contributed by atoms with Crippen LogP contribution in [-0.4, -0.2) is 62.1 Å². The van der Waals surface area contributed by atoms with Crippen LogP contribution in [0.2, 0.25) is 5.02 Å². The standard InChI is InChI=1S/C28H26ClN7O3/c1-3-39-21-11-22(26-19(12-30)14-34-36(26)16-21)18-6-7-24(32-13-18)35-10-8-20(28(2,38)17-35)15-33-27(37)25-23(29)5-4-9-31-25/h4-7,9,11,13-16,20,38H,3,8,10,17H2,1-2H3/b33-15-/t20?,28-/m0/s1. The number of amides is 1. The molecule has 0 bridgehead atoms. The zero-order valence-electron chi connectivity index (χ0n) is 21.5. The Morgan fingerprint density at radius 3 is 2.90 bits per heavy atom. The SMILES string of the molecule is CCOc1cc(-c2ccc(N3CCC(/C=N\C(=O)c4ncccc4Cl)[C@@](C)(O)C3)nc2)c2c(C#N)cnn2c1. The van der Waals surface area contributed by atoms with Gasteiger partial charge in [-0.15, -0.1) is 0 Å². The molecule has 5 rings (SSSR count). The average Bonchev–Trinajstić information content (AvgIpc) is 3.35. The van der Waals surface area contributed by atoms with Gasteiger partial charge in [-0.2, -0.15) is 10.4 Å². The van der Waals surface area contributed by atoms with Gasteiger partial charge in [0, 0.05) is 48.7 Å². The third-order valence-electron chi connectivity index (χ3n) is 6.75. The highest BCUT2D eigenvalue weighted by molar-refractivity contribution is 6.33. The minimum Gasteiger partial charge on any atom is -0.492 e. The molecule has 10 nitrogen and oxygen atoms in total. The number of piperidine rings is 1. The van der Waals surface area contributed by atoms with Crippen molar-refractivity contribution in [2.24, 2.45) is 10.9 Å². The number of nitriles is 1. The Bertz CT molecular complexity index is 1590. The van der Waals surface area contributed by atoms with Crippen molar-refractivity contribution in [3.05, 3.63) is 71.4 Å². The quantitative estimate of drug-likeness (QED) is 0.358. The molecule has 198 valence electrons. The third-order valence-corrected chi connectivity index (χ3v) is 7.06. The van der Waals surface area contributed by atoms with Gasteiger partial charge in [0.2, 0.25) is 0 Å². The lowest BCUT2D eigenvalue weighted by Gasteiger charge is -2.42. The third kappa shape index (κ3) is 5.32. The van der Waals surface area contributed by atoms with Crippen molar-refractivity contribution in [3.8, 4) is 22.9 Å². The van der Waals surface area contributed by atoms with E-state index in [1.807, 2.05) is 30.0 Å². The molecule has 0 aliphatic carbocycles. The number of aromatic nitrogens is 4. The van der Waals surface area contributed by atoms with E-state index in [2.05, 4.69) is 26.1 Å². The van der Waals surface area contributed by atoms with Crippen LogP contribution in [0.5, 0.6) is 5.75 Å². The largest absolute Gasteiger partial charge is 0.492 e. The van der Waals surface area contributed by atoms with Gasteiger partial charge in [0.05, 0.1) is 40.7 Å². The molecule has 4 aromatic heterocycles. The molecule has 1 unspecified atom stereocenters. The molecule has 0 saturated carbocycles. The summed E-state index contributed by atoms with van der Waals surface area (Å²) in [6, 6.07) is 11.1. The van der Waals surface area contributed by atoms with Crippen molar-refractivity contribution >= 4 is 35.1 Å². The summed E-state index contributed by atoms with van der Waals surface area (Å²) in [5.41, 5.74) is 1.67. The molecule has 0 spiro atoms. The van der Waals surface area contributed by atoms with Crippen LogP contribution < -0.4 is 9.64 Å². The number of ether oxygens (including phenoxy) is 1. The van der Waals surface area contributed by atoms with Crippen molar-refractivity contribution < 1.29 is 14.6 Å². The molecule has 1 N–H and O–H groups in total. The lowest BCUT2D eigenvalue weighted by molar-refractivity contribution is 0.0192. The summed E-state index contributed by atoms with van der Waals surface area (Å²) in [7, 11) is 0. The Balaban J connectivity index is 1.34. The maximum atomic E-state index is 12.4. The lowest BCUT2D eigenvalue weighted by atomic mass is 9.83. The van der Waals surface area contributed by atoms with Gasteiger partial charge in [-0.3, -0.25) is 4.79 Å². The molecule has 39 heavy (non-hydrogen) atoms. The van der Waals surface area contributed by atoms with Crippen molar-refractivity contribution in [1.82, 2.24) is 19.6 Å². The highest BCUT2D eigenvalue weighted by atomic mass is 35.5. The summed E-state index contributed by atoms with van der Waals surface area (Å²) in [5.74, 6) is 0.466. The van der Waals surface area contributed by atoms with Crippen LogP contribution in [-0.2, 0) is 0 Å². The number of aliphatic hydroxyl groups is 1. The Kier molecular flexibility index (Phi) is 7.28. The first-order valence-electron chi connectivity index (χ1n) is 12.5. The number of aliphatic imine (C=N–C) groups is 1. The molecule has 5 heterocycles. The minimum atomic E-state index is -1.15. The van der Waals surface area contributed by atoms with Gasteiger partial charge in [-0.1, -0.05) is 11.6 Å². The Labute approximate surface area is 230 Å². The van der Waals surface area contributed by atoms with Gasteiger partial charge in [-0.25, -0.2) is 19.5 Å². The van der Waals surface area contributed by atoms with Crippen LogP contribution in [0.3, 0.4) is 0 Å². The summed E-state index contributed by atoms with van der Waals surface area (Å²) in [5, 5.41) is 25.3. The molecule has 1 amide bonds. The number of rotatable bonds is 6. The lowest BCUT2D eigenvalue weighted by Crippen LogP contribution is -2.53. The van der Waals surface area contributed by atoms with Crippen LogP contribution >= 0.6 is 11.6 Å². The number of nitrogens with zero attached hydrogens (tertiary/aromatic N) is 7. The Morgan fingerprint density at radius 1 is 1.36 bits per heavy atom. The maximum Gasteiger partial charge on any atom is 0.296 e. The number of pyridine rings is 3. The van der Waals surface area contributed by atoms with Crippen molar-refractivity contribution in [3.63, 3.8) is 0 Å². The second-order valence-corrected chi connectivity index (χ2v) is 9.89. The molecule has 0 radical (unpaired) electrons. The summed E-state index contributed by atoms with van der Waals surface area (Å²) in [6.45, 7) is 5.05.